The third kappa shape index (κ3) is 4.61. The van der Waals surface area contributed by atoms with Crippen LogP contribution in [-0.2, 0) is 11.2 Å². The van der Waals surface area contributed by atoms with Gasteiger partial charge in [0.05, 0.1) is 0 Å². The smallest absolute Gasteiger partial charge is 0.223 e. The van der Waals surface area contributed by atoms with Crippen molar-refractivity contribution < 1.29 is 4.79 Å². The summed E-state index contributed by atoms with van der Waals surface area (Å²) in [5.41, 5.74) is 2.09. The second kappa shape index (κ2) is 9.24. The van der Waals surface area contributed by atoms with E-state index in [1.54, 1.807) is 0 Å². The van der Waals surface area contributed by atoms with Crippen LogP contribution in [0.5, 0.6) is 0 Å². The summed E-state index contributed by atoms with van der Waals surface area (Å²) in [6.45, 7) is 6.58. The summed E-state index contributed by atoms with van der Waals surface area (Å²) >= 11 is 0. The number of carbonyl (C=O) groups is 1. The van der Waals surface area contributed by atoms with Gasteiger partial charge in [0.25, 0.3) is 0 Å². The quantitative estimate of drug-likeness (QED) is 0.610. The number of nitrogens with zero attached hydrogens (tertiary/aromatic N) is 5. The van der Waals surface area contributed by atoms with Gasteiger partial charge < -0.3 is 10.2 Å². The van der Waals surface area contributed by atoms with Crippen molar-refractivity contribution in [2.45, 2.75) is 45.4 Å². The Balaban J connectivity index is 1.26. The lowest BCUT2D eigenvalue weighted by molar-refractivity contribution is -0.125. The van der Waals surface area contributed by atoms with Crippen LogP contribution in [0.3, 0.4) is 0 Å². The Hall–Kier alpha value is -2.96. The standard InChI is InChI=1S/C23H30N6O/c1-17(2)22-26-25-20-10-11-21(27-29(20)22)28-15-12-19(13-16-28)23(30)24-14-6-9-18-7-4-3-5-8-18/h3-5,7-8,10-11,17,19H,6,9,12-16H2,1-2H3,(H,24,30). The van der Waals surface area contributed by atoms with Crippen LogP contribution < -0.4 is 10.2 Å². The Morgan fingerprint density at radius 2 is 1.87 bits per heavy atom. The molecule has 0 spiro atoms. The molecule has 1 N–H and O–H groups in total. The van der Waals surface area contributed by atoms with Gasteiger partial charge in [0.15, 0.2) is 11.5 Å². The van der Waals surface area contributed by atoms with Crippen LogP contribution in [0.15, 0.2) is 42.5 Å². The van der Waals surface area contributed by atoms with Crippen molar-refractivity contribution in [3.63, 3.8) is 0 Å². The van der Waals surface area contributed by atoms with E-state index in [4.69, 9.17) is 5.10 Å². The molecule has 0 saturated carbocycles. The van der Waals surface area contributed by atoms with Crippen molar-refractivity contribution in [1.82, 2.24) is 25.1 Å². The number of rotatable bonds is 7. The number of carbonyl (C=O) groups excluding carboxylic acids is 1. The number of anilines is 1. The Labute approximate surface area is 177 Å². The minimum atomic E-state index is 0.0860. The van der Waals surface area contributed by atoms with Gasteiger partial charge in [-0.05, 0) is 43.4 Å². The Kier molecular flexibility index (Phi) is 6.26. The van der Waals surface area contributed by atoms with E-state index in [1.165, 1.54) is 5.56 Å². The number of aryl methyl sites for hydroxylation is 1. The molecule has 3 aromatic rings. The van der Waals surface area contributed by atoms with Gasteiger partial charge in [0.2, 0.25) is 5.91 Å². The van der Waals surface area contributed by atoms with Crippen molar-refractivity contribution >= 4 is 17.4 Å². The summed E-state index contributed by atoms with van der Waals surface area (Å²) in [5, 5.41) is 16.3. The molecule has 2 aromatic heterocycles. The minimum absolute atomic E-state index is 0.0860. The van der Waals surface area contributed by atoms with Gasteiger partial charge in [-0.3, -0.25) is 4.79 Å². The summed E-state index contributed by atoms with van der Waals surface area (Å²) in [5.74, 6) is 2.33. The number of benzene rings is 1. The van der Waals surface area contributed by atoms with Gasteiger partial charge in [-0.15, -0.1) is 15.3 Å². The third-order valence-corrected chi connectivity index (χ3v) is 5.76. The highest BCUT2D eigenvalue weighted by molar-refractivity contribution is 5.78. The molecule has 1 fully saturated rings. The van der Waals surface area contributed by atoms with E-state index < -0.39 is 0 Å². The van der Waals surface area contributed by atoms with Crippen molar-refractivity contribution in [3.05, 3.63) is 53.9 Å². The molecule has 3 heterocycles. The van der Waals surface area contributed by atoms with E-state index >= 15 is 0 Å². The van der Waals surface area contributed by atoms with Crippen LogP contribution in [0.25, 0.3) is 5.65 Å². The predicted octanol–water partition coefficient (Wildman–Crippen LogP) is 3.21. The molecular weight excluding hydrogens is 376 g/mol. The first-order valence-corrected chi connectivity index (χ1v) is 10.9. The zero-order valence-electron chi connectivity index (χ0n) is 17.8. The summed E-state index contributed by atoms with van der Waals surface area (Å²) in [6.07, 6.45) is 3.66. The molecule has 1 aliphatic rings. The topological polar surface area (TPSA) is 75.4 Å². The molecule has 0 atom stereocenters. The number of fused-ring (bicyclic) bond motifs is 1. The maximum Gasteiger partial charge on any atom is 0.223 e. The van der Waals surface area contributed by atoms with E-state index in [-0.39, 0.29) is 17.7 Å². The molecule has 7 nitrogen and oxygen atoms in total. The van der Waals surface area contributed by atoms with Gasteiger partial charge in [0, 0.05) is 31.5 Å². The molecule has 158 valence electrons. The number of hydrogen-bond donors (Lipinski definition) is 1. The first kappa shape index (κ1) is 20.3. The van der Waals surface area contributed by atoms with Crippen molar-refractivity contribution in [2.24, 2.45) is 5.92 Å². The SMILES string of the molecule is CC(C)c1nnc2ccc(N3CCC(C(=O)NCCCc4ccccc4)CC3)nn12. The van der Waals surface area contributed by atoms with Gasteiger partial charge >= 0.3 is 0 Å². The number of amides is 1. The highest BCUT2D eigenvalue weighted by atomic mass is 16.1. The van der Waals surface area contributed by atoms with Gasteiger partial charge in [-0.1, -0.05) is 44.2 Å². The number of aromatic nitrogens is 4. The van der Waals surface area contributed by atoms with Crippen molar-refractivity contribution in [2.75, 3.05) is 24.5 Å². The summed E-state index contributed by atoms with van der Waals surface area (Å²) < 4.78 is 1.84. The molecule has 4 rings (SSSR count). The van der Waals surface area contributed by atoms with Crippen LogP contribution in [0, 0.1) is 5.92 Å². The van der Waals surface area contributed by atoms with E-state index in [1.807, 2.05) is 22.7 Å². The average molecular weight is 407 g/mol. The molecule has 0 radical (unpaired) electrons. The molecule has 1 aromatic carbocycles. The van der Waals surface area contributed by atoms with E-state index in [0.717, 1.165) is 62.6 Å². The maximum atomic E-state index is 12.5. The molecule has 0 bridgehead atoms. The Morgan fingerprint density at radius 3 is 2.60 bits per heavy atom. The fourth-order valence-electron chi connectivity index (χ4n) is 3.99. The molecule has 30 heavy (non-hydrogen) atoms. The maximum absolute atomic E-state index is 12.5. The lowest BCUT2D eigenvalue weighted by Gasteiger charge is -2.32. The second-order valence-electron chi connectivity index (χ2n) is 8.32. The molecule has 0 unspecified atom stereocenters. The normalized spacial score (nSPS) is 15.1. The molecule has 7 heteroatoms. The van der Waals surface area contributed by atoms with Gasteiger partial charge in [-0.2, -0.15) is 4.52 Å². The molecule has 1 aliphatic heterocycles. The van der Waals surface area contributed by atoms with Crippen LogP contribution in [0.2, 0.25) is 0 Å². The van der Waals surface area contributed by atoms with Crippen LogP contribution >= 0.6 is 0 Å². The van der Waals surface area contributed by atoms with Crippen molar-refractivity contribution in [3.8, 4) is 0 Å². The Morgan fingerprint density at radius 1 is 1.10 bits per heavy atom. The van der Waals surface area contributed by atoms with Crippen LogP contribution in [-0.4, -0.2) is 45.4 Å². The minimum Gasteiger partial charge on any atom is -0.356 e. The van der Waals surface area contributed by atoms with E-state index in [2.05, 4.69) is 58.5 Å². The van der Waals surface area contributed by atoms with E-state index in [0.29, 0.717) is 0 Å². The van der Waals surface area contributed by atoms with Gasteiger partial charge in [0.1, 0.15) is 5.82 Å². The average Bonchev–Trinajstić information content (AvgIpc) is 3.21. The highest BCUT2D eigenvalue weighted by Gasteiger charge is 2.26. The zero-order chi connectivity index (χ0) is 20.9. The molecule has 0 aliphatic carbocycles. The third-order valence-electron chi connectivity index (χ3n) is 5.76. The summed E-state index contributed by atoms with van der Waals surface area (Å²) in [4.78, 5) is 14.8. The van der Waals surface area contributed by atoms with E-state index in [9.17, 15) is 4.79 Å². The van der Waals surface area contributed by atoms with Crippen LogP contribution in [0.1, 0.15) is 50.4 Å². The largest absolute Gasteiger partial charge is 0.356 e. The van der Waals surface area contributed by atoms with Crippen molar-refractivity contribution in [1.29, 1.82) is 0 Å². The first-order chi connectivity index (χ1) is 14.6. The van der Waals surface area contributed by atoms with Gasteiger partial charge in [-0.25, -0.2) is 0 Å². The fourth-order valence-corrected chi connectivity index (χ4v) is 3.99. The Bertz CT molecular complexity index is 976. The second-order valence-corrected chi connectivity index (χ2v) is 8.32. The monoisotopic (exact) mass is 406 g/mol. The zero-order valence-corrected chi connectivity index (χ0v) is 17.8. The number of hydrogen-bond acceptors (Lipinski definition) is 5. The lowest BCUT2D eigenvalue weighted by Crippen LogP contribution is -2.41. The first-order valence-electron chi connectivity index (χ1n) is 10.9. The molecular formula is C23H30N6O. The highest BCUT2D eigenvalue weighted by Crippen LogP contribution is 2.23. The lowest BCUT2D eigenvalue weighted by atomic mass is 9.96. The summed E-state index contributed by atoms with van der Waals surface area (Å²) in [7, 11) is 0. The number of nitrogens with one attached hydrogen (secondary N) is 1. The number of piperidine rings is 1. The molecule has 1 amide bonds. The van der Waals surface area contributed by atoms with Crippen LogP contribution in [0.4, 0.5) is 5.82 Å². The predicted molar refractivity (Wildman–Crippen MR) is 118 cm³/mol. The summed E-state index contributed by atoms with van der Waals surface area (Å²) in [6, 6.07) is 14.4. The molecule has 1 saturated heterocycles. The fraction of sp³-hybridized carbons (Fsp3) is 0.478.